The summed E-state index contributed by atoms with van der Waals surface area (Å²) in [5, 5.41) is 15.8. The number of pyridine rings is 1. The molecule has 172 valence electrons. The molecule has 1 atom stereocenters. The van der Waals surface area contributed by atoms with Gasteiger partial charge in [0.1, 0.15) is 22.9 Å². The molecule has 1 saturated carbocycles. The van der Waals surface area contributed by atoms with E-state index in [1.54, 1.807) is 18.5 Å². The second kappa shape index (κ2) is 7.70. The van der Waals surface area contributed by atoms with Crippen LogP contribution in [0.1, 0.15) is 41.5 Å². The highest BCUT2D eigenvalue weighted by molar-refractivity contribution is 6.05. The van der Waals surface area contributed by atoms with Crippen molar-refractivity contribution in [3.8, 4) is 23.2 Å². The summed E-state index contributed by atoms with van der Waals surface area (Å²) in [6, 6.07) is 5.55. The second-order valence-electron chi connectivity index (χ2n) is 8.52. The average molecular weight is 458 g/mol. The lowest BCUT2D eigenvalue weighted by Crippen LogP contribution is -2.33. The topological polar surface area (TPSA) is 152 Å². The molecular weight excluding hydrogens is 436 g/mol. The first-order valence-corrected chi connectivity index (χ1v) is 11.0. The van der Waals surface area contributed by atoms with Gasteiger partial charge in [-0.15, -0.1) is 15.3 Å². The molecule has 12 nitrogen and oxygen atoms in total. The number of ether oxygens (including phenoxy) is 1. The lowest BCUT2D eigenvalue weighted by molar-refractivity contribution is 0.102. The van der Waals surface area contributed by atoms with Crippen LogP contribution in [0.3, 0.4) is 0 Å². The minimum atomic E-state index is -0.417. The molecule has 1 amide bonds. The van der Waals surface area contributed by atoms with E-state index in [2.05, 4.69) is 40.1 Å². The van der Waals surface area contributed by atoms with Crippen LogP contribution in [0.4, 0.5) is 5.82 Å². The zero-order valence-corrected chi connectivity index (χ0v) is 18.4. The molecular formula is C22H22N10O2. The third-order valence-electron chi connectivity index (χ3n) is 6.33. The monoisotopic (exact) mass is 458 g/mol. The summed E-state index contributed by atoms with van der Waals surface area (Å²) in [4.78, 5) is 25.9. The number of nitrogens with one attached hydrogen (secondary N) is 1. The van der Waals surface area contributed by atoms with Gasteiger partial charge in [-0.05, 0) is 31.4 Å². The molecule has 3 N–H and O–H groups in total. The van der Waals surface area contributed by atoms with Gasteiger partial charge in [0.15, 0.2) is 11.6 Å². The van der Waals surface area contributed by atoms with Crippen LogP contribution in [-0.4, -0.2) is 58.1 Å². The van der Waals surface area contributed by atoms with E-state index in [9.17, 15) is 4.79 Å². The van der Waals surface area contributed by atoms with Gasteiger partial charge >= 0.3 is 0 Å². The van der Waals surface area contributed by atoms with Gasteiger partial charge in [0, 0.05) is 30.6 Å². The summed E-state index contributed by atoms with van der Waals surface area (Å²) in [5.74, 6) is 2.17. The number of rotatable bonds is 6. The summed E-state index contributed by atoms with van der Waals surface area (Å²) in [7, 11) is 1.45. The second-order valence-corrected chi connectivity index (χ2v) is 8.52. The Hall–Kier alpha value is -4.19. The van der Waals surface area contributed by atoms with E-state index in [1.165, 1.54) is 24.2 Å². The predicted octanol–water partition coefficient (Wildman–Crippen LogP) is 1.56. The number of hydrogen-bond donors (Lipinski definition) is 2. The number of methoxy groups -OCH3 is 1. The zero-order chi connectivity index (χ0) is 23.3. The molecule has 0 aromatic carbocycles. The maximum Gasteiger partial charge on any atom is 0.263 e. The van der Waals surface area contributed by atoms with Crippen molar-refractivity contribution < 1.29 is 9.53 Å². The fourth-order valence-corrected chi connectivity index (χ4v) is 4.42. The van der Waals surface area contributed by atoms with Crippen molar-refractivity contribution in [1.82, 2.24) is 39.5 Å². The molecule has 0 saturated heterocycles. The molecule has 2 aliphatic rings. The van der Waals surface area contributed by atoms with Gasteiger partial charge in [0.25, 0.3) is 5.91 Å². The first-order valence-electron chi connectivity index (χ1n) is 11.0. The van der Waals surface area contributed by atoms with E-state index >= 15 is 0 Å². The molecule has 5 heterocycles. The Balaban J connectivity index is 1.28. The number of aryl methyl sites for hydroxylation is 1. The van der Waals surface area contributed by atoms with Crippen molar-refractivity contribution >= 4 is 11.7 Å². The molecule has 1 aliphatic carbocycles. The molecule has 34 heavy (non-hydrogen) atoms. The molecule has 4 aromatic heterocycles. The number of nitrogens with two attached hydrogens (primary N) is 1. The van der Waals surface area contributed by atoms with Crippen molar-refractivity contribution in [1.29, 1.82) is 0 Å². The lowest BCUT2D eigenvalue weighted by atomic mass is 10.0. The maximum atomic E-state index is 13.0. The first kappa shape index (κ1) is 20.4. The van der Waals surface area contributed by atoms with E-state index in [0.29, 0.717) is 23.2 Å². The molecule has 1 aliphatic heterocycles. The Bertz CT molecular complexity index is 1380. The van der Waals surface area contributed by atoms with Crippen molar-refractivity contribution in [3.05, 3.63) is 54.4 Å². The van der Waals surface area contributed by atoms with Crippen molar-refractivity contribution in [2.45, 2.75) is 37.3 Å². The Morgan fingerprint density at radius 1 is 1.26 bits per heavy atom. The highest BCUT2D eigenvalue weighted by Gasteiger charge is 2.50. The maximum absolute atomic E-state index is 13.0. The Morgan fingerprint density at radius 2 is 2.15 bits per heavy atom. The highest BCUT2D eigenvalue weighted by atomic mass is 16.5. The van der Waals surface area contributed by atoms with Gasteiger partial charge in [-0.2, -0.15) is 0 Å². The quantitative estimate of drug-likeness (QED) is 0.438. The fraction of sp³-hybridized carbons (Fsp3) is 0.318. The van der Waals surface area contributed by atoms with Crippen LogP contribution in [0.15, 0.2) is 43.0 Å². The SMILES string of the molecule is COc1nn(-c2cnccn2)cc1C(=O)Nc1cccc(-c2nnc3n2[C@@H](C2(N)CC2)CC3)n1. The van der Waals surface area contributed by atoms with E-state index in [0.717, 1.165) is 31.5 Å². The Labute approximate surface area is 194 Å². The number of carbonyl (C=O) groups is 1. The van der Waals surface area contributed by atoms with Crippen LogP contribution < -0.4 is 15.8 Å². The van der Waals surface area contributed by atoms with Crippen molar-refractivity contribution in [2.75, 3.05) is 12.4 Å². The molecule has 0 radical (unpaired) electrons. The van der Waals surface area contributed by atoms with E-state index in [-0.39, 0.29) is 23.0 Å². The highest BCUT2D eigenvalue weighted by Crippen LogP contribution is 2.48. The number of hydrogen-bond acceptors (Lipinski definition) is 9. The average Bonchev–Trinajstić information content (AvgIpc) is 3.24. The third-order valence-corrected chi connectivity index (χ3v) is 6.33. The molecule has 0 bridgehead atoms. The van der Waals surface area contributed by atoms with Crippen LogP contribution in [0, 0.1) is 0 Å². The zero-order valence-electron chi connectivity index (χ0n) is 18.4. The number of fused-ring (bicyclic) bond motifs is 1. The number of amides is 1. The third kappa shape index (κ3) is 3.39. The van der Waals surface area contributed by atoms with E-state index < -0.39 is 5.91 Å². The van der Waals surface area contributed by atoms with Gasteiger partial charge in [0.2, 0.25) is 5.88 Å². The van der Waals surface area contributed by atoms with Gasteiger partial charge in [0.05, 0.1) is 19.3 Å². The van der Waals surface area contributed by atoms with Crippen molar-refractivity contribution in [3.63, 3.8) is 0 Å². The normalized spacial score (nSPS) is 17.9. The van der Waals surface area contributed by atoms with Crippen LogP contribution in [-0.2, 0) is 6.42 Å². The van der Waals surface area contributed by atoms with Gasteiger partial charge in [-0.3, -0.25) is 9.78 Å². The van der Waals surface area contributed by atoms with Gasteiger partial charge < -0.3 is 20.4 Å². The summed E-state index contributed by atoms with van der Waals surface area (Å²) >= 11 is 0. The van der Waals surface area contributed by atoms with Gasteiger partial charge in [-0.1, -0.05) is 6.07 Å². The standard InChI is InChI=1S/C22H22N10O2/c1-34-21-13(12-31(30-21)18-11-24-9-10-25-18)20(33)27-16-4-2-3-14(26-16)19-29-28-17-6-5-15(32(17)19)22(23)7-8-22/h2-4,9-12,15H,5-8,23H2,1H3,(H,26,27,33)/t15-/m1/s1. The van der Waals surface area contributed by atoms with Crippen molar-refractivity contribution in [2.24, 2.45) is 5.73 Å². The smallest absolute Gasteiger partial charge is 0.263 e. The van der Waals surface area contributed by atoms with Crippen LogP contribution in [0.25, 0.3) is 17.3 Å². The molecule has 0 spiro atoms. The number of anilines is 1. The first-order chi connectivity index (χ1) is 16.6. The summed E-state index contributed by atoms with van der Waals surface area (Å²) < 4.78 is 8.85. The molecule has 6 rings (SSSR count). The fourth-order valence-electron chi connectivity index (χ4n) is 4.42. The summed E-state index contributed by atoms with van der Waals surface area (Å²) in [6.07, 6.45) is 9.99. The number of carbonyl (C=O) groups excluding carboxylic acids is 1. The Morgan fingerprint density at radius 3 is 2.91 bits per heavy atom. The summed E-state index contributed by atoms with van der Waals surface area (Å²) in [5.41, 5.74) is 7.19. The minimum absolute atomic E-state index is 0.162. The largest absolute Gasteiger partial charge is 0.479 e. The van der Waals surface area contributed by atoms with E-state index in [4.69, 9.17) is 10.5 Å². The molecule has 4 aromatic rings. The van der Waals surface area contributed by atoms with Crippen LogP contribution in [0.2, 0.25) is 0 Å². The Kier molecular flexibility index (Phi) is 4.62. The van der Waals surface area contributed by atoms with Crippen LogP contribution >= 0.6 is 0 Å². The molecule has 12 heteroatoms. The minimum Gasteiger partial charge on any atom is -0.479 e. The van der Waals surface area contributed by atoms with Gasteiger partial charge in [-0.25, -0.2) is 14.6 Å². The number of aromatic nitrogens is 8. The molecule has 1 fully saturated rings. The van der Waals surface area contributed by atoms with Crippen LogP contribution in [0.5, 0.6) is 5.88 Å². The summed E-state index contributed by atoms with van der Waals surface area (Å²) in [6.45, 7) is 0. The lowest BCUT2D eigenvalue weighted by Gasteiger charge is -2.21. The predicted molar refractivity (Wildman–Crippen MR) is 120 cm³/mol. The number of nitrogens with zero attached hydrogens (tertiary/aromatic N) is 8. The van der Waals surface area contributed by atoms with E-state index in [1.807, 2.05) is 12.1 Å². The molecule has 0 unspecified atom stereocenters.